The van der Waals surface area contributed by atoms with Crippen LogP contribution in [0.25, 0.3) is 0 Å². The van der Waals surface area contributed by atoms with Crippen LogP contribution in [-0.2, 0) is 22.6 Å². The van der Waals surface area contributed by atoms with Crippen molar-refractivity contribution < 1.29 is 9.59 Å². The highest BCUT2D eigenvalue weighted by atomic mass is 16.2. The molecule has 0 aromatic heterocycles. The first-order chi connectivity index (χ1) is 9.60. The number of nitrogens with two attached hydrogens (primary N) is 1. The second kappa shape index (κ2) is 8.32. The van der Waals surface area contributed by atoms with Crippen LogP contribution in [0.2, 0.25) is 0 Å². The van der Waals surface area contributed by atoms with Crippen LogP contribution in [0.15, 0.2) is 24.3 Å². The molecule has 0 saturated carbocycles. The molecule has 0 radical (unpaired) electrons. The molecule has 0 atom stereocenters. The third-order valence-corrected chi connectivity index (χ3v) is 3.07. The highest BCUT2D eigenvalue weighted by Gasteiger charge is 2.16. The molecule has 1 rings (SSSR count). The van der Waals surface area contributed by atoms with Crippen molar-refractivity contribution in [1.29, 1.82) is 0 Å². The molecule has 0 aliphatic carbocycles. The maximum atomic E-state index is 12.2. The van der Waals surface area contributed by atoms with Gasteiger partial charge >= 0.3 is 0 Å². The summed E-state index contributed by atoms with van der Waals surface area (Å²) in [5.41, 5.74) is 7.51. The molecule has 0 spiro atoms. The van der Waals surface area contributed by atoms with Gasteiger partial charge in [-0.2, -0.15) is 0 Å². The first kappa shape index (κ1) is 16.2. The average Bonchev–Trinajstić information content (AvgIpc) is 2.47. The quantitative estimate of drug-likeness (QED) is 0.769. The molecule has 5 heteroatoms. The highest BCUT2D eigenvalue weighted by Crippen LogP contribution is 2.07. The van der Waals surface area contributed by atoms with Gasteiger partial charge in [0.05, 0.1) is 13.0 Å². The van der Waals surface area contributed by atoms with Crippen molar-refractivity contribution in [3.8, 4) is 0 Å². The van der Waals surface area contributed by atoms with E-state index >= 15 is 0 Å². The molecular formula is C15H23N3O2. The summed E-state index contributed by atoms with van der Waals surface area (Å²) in [6.07, 6.45) is 1.14. The second-order valence-electron chi connectivity index (χ2n) is 4.69. The van der Waals surface area contributed by atoms with E-state index in [1.807, 2.05) is 31.2 Å². The maximum absolute atomic E-state index is 12.2. The highest BCUT2D eigenvalue weighted by molar-refractivity contribution is 5.85. The molecular weight excluding hydrogens is 254 g/mol. The van der Waals surface area contributed by atoms with Gasteiger partial charge in [0.15, 0.2) is 0 Å². The van der Waals surface area contributed by atoms with Gasteiger partial charge in [-0.1, -0.05) is 31.2 Å². The van der Waals surface area contributed by atoms with Crippen molar-refractivity contribution in [3.63, 3.8) is 0 Å². The van der Waals surface area contributed by atoms with E-state index in [0.717, 1.165) is 17.5 Å². The van der Waals surface area contributed by atoms with Gasteiger partial charge in [0.2, 0.25) is 11.8 Å². The summed E-state index contributed by atoms with van der Waals surface area (Å²) < 4.78 is 0. The molecule has 5 nitrogen and oxygen atoms in total. The van der Waals surface area contributed by atoms with E-state index in [9.17, 15) is 9.59 Å². The van der Waals surface area contributed by atoms with Crippen molar-refractivity contribution in [2.75, 3.05) is 20.1 Å². The lowest BCUT2D eigenvalue weighted by Crippen LogP contribution is -2.40. The van der Waals surface area contributed by atoms with Crippen LogP contribution < -0.4 is 11.1 Å². The summed E-state index contributed by atoms with van der Waals surface area (Å²) in [5, 5.41) is 2.54. The Kier molecular flexibility index (Phi) is 6.73. The lowest BCUT2D eigenvalue weighted by Gasteiger charge is -2.21. The van der Waals surface area contributed by atoms with Crippen LogP contribution in [0.4, 0.5) is 0 Å². The van der Waals surface area contributed by atoms with E-state index in [1.165, 1.54) is 0 Å². The van der Waals surface area contributed by atoms with Crippen LogP contribution >= 0.6 is 0 Å². The lowest BCUT2D eigenvalue weighted by atomic mass is 10.1. The molecule has 3 N–H and O–H groups in total. The zero-order valence-corrected chi connectivity index (χ0v) is 12.2. The van der Waals surface area contributed by atoms with Crippen LogP contribution in [0.3, 0.4) is 0 Å². The number of carbonyl (C=O) groups is 2. The molecule has 0 aliphatic heterocycles. The Hall–Kier alpha value is -1.88. The third-order valence-electron chi connectivity index (χ3n) is 3.07. The predicted octanol–water partition coefficient (Wildman–Crippen LogP) is 0.672. The smallest absolute Gasteiger partial charge is 0.239 e. The van der Waals surface area contributed by atoms with E-state index in [4.69, 9.17) is 5.73 Å². The number of likely N-dealkylation sites (N-methyl/N-ethyl adjacent to an activating group) is 1. The summed E-state index contributed by atoms with van der Waals surface area (Å²) in [4.78, 5) is 25.2. The van der Waals surface area contributed by atoms with Crippen molar-refractivity contribution in [2.45, 2.75) is 26.3 Å². The average molecular weight is 277 g/mol. The molecule has 1 aromatic carbocycles. The lowest BCUT2D eigenvalue weighted by molar-refractivity contribution is -0.135. The number of carbonyl (C=O) groups excluding carboxylic acids is 2. The summed E-state index contributed by atoms with van der Waals surface area (Å²) in [5.74, 6) is -0.179. The van der Waals surface area contributed by atoms with Crippen molar-refractivity contribution in [3.05, 3.63) is 35.4 Å². The van der Waals surface area contributed by atoms with Gasteiger partial charge in [-0.3, -0.25) is 9.59 Å². The van der Waals surface area contributed by atoms with E-state index < -0.39 is 0 Å². The fraction of sp³-hybridized carbons (Fsp3) is 0.467. The van der Waals surface area contributed by atoms with E-state index in [0.29, 0.717) is 19.5 Å². The topological polar surface area (TPSA) is 75.4 Å². The summed E-state index contributed by atoms with van der Waals surface area (Å²) in [7, 11) is 1.57. The standard InChI is InChI=1S/C15H23N3O2/c1-3-8-18(11-14(19)17-2)15(20)9-12-4-6-13(10-16)7-5-12/h4-7H,3,8-11,16H2,1-2H3,(H,17,19). The monoisotopic (exact) mass is 277 g/mol. The van der Waals surface area contributed by atoms with Crippen LogP contribution in [-0.4, -0.2) is 36.9 Å². The molecule has 110 valence electrons. The van der Waals surface area contributed by atoms with Gasteiger partial charge in [-0.25, -0.2) is 0 Å². The van der Waals surface area contributed by atoms with E-state index in [1.54, 1.807) is 11.9 Å². The van der Waals surface area contributed by atoms with Gasteiger partial charge in [0, 0.05) is 20.1 Å². The number of nitrogens with zero attached hydrogens (tertiary/aromatic N) is 1. The van der Waals surface area contributed by atoms with Gasteiger partial charge in [-0.15, -0.1) is 0 Å². The molecule has 0 aliphatic rings. The fourth-order valence-corrected chi connectivity index (χ4v) is 1.89. The number of nitrogens with one attached hydrogen (secondary N) is 1. The Bertz CT molecular complexity index is 443. The minimum absolute atomic E-state index is 0.0315. The summed E-state index contributed by atoms with van der Waals surface area (Å²) >= 11 is 0. The minimum atomic E-state index is -0.148. The molecule has 0 bridgehead atoms. The molecule has 20 heavy (non-hydrogen) atoms. The normalized spacial score (nSPS) is 10.2. The Morgan fingerprint density at radius 3 is 2.30 bits per heavy atom. The number of benzene rings is 1. The number of hydrogen-bond acceptors (Lipinski definition) is 3. The van der Waals surface area contributed by atoms with Crippen LogP contribution in [0, 0.1) is 0 Å². The first-order valence-electron chi connectivity index (χ1n) is 6.87. The Morgan fingerprint density at radius 1 is 1.20 bits per heavy atom. The predicted molar refractivity (Wildman–Crippen MR) is 79.0 cm³/mol. The Labute approximate surface area is 120 Å². The number of hydrogen-bond donors (Lipinski definition) is 2. The maximum Gasteiger partial charge on any atom is 0.239 e. The zero-order valence-electron chi connectivity index (χ0n) is 12.2. The minimum Gasteiger partial charge on any atom is -0.358 e. The van der Waals surface area contributed by atoms with Gasteiger partial charge in [-0.05, 0) is 17.5 Å². The summed E-state index contributed by atoms with van der Waals surface area (Å²) in [6, 6.07) is 7.66. The molecule has 2 amide bonds. The van der Waals surface area contributed by atoms with Gasteiger partial charge < -0.3 is 16.0 Å². The Balaban J connectivity index is 2.66. The molecule has 0 fully saturated rings. The third kappa shape index (κ3) is 5.01. The fourth-order valence-electron chi connectivity index (χ4n) is 1.89. The van der Waals surface area contributed by atoms with Crippen LogP contribution in [0.5, 0.6) is 0 Å². The number of amides is 2. The first-order valence-corrected chi connectivity index (χ1v) is 6.87. The van der Waals surface area contributed by atoms with Crippen LogP contribution in [0.1, 0.15) is 24.5 Å². The van der Waals surface area contributed by atoms with Gasteiger partial charge in [0.1, 0.15) is 0 Å². The molecule has 0 unspecified atom stereocenters. The zero-order chi connectivity index (χ0) is 15.0. The van der Waals surface area contributed by atoms with Crippen molar-refractivity contribution >= 4 is 11.8 Å². The largest absolute Gasteiger partial charge is 0.358 e. The van der Waals surface area contributed by atoms with Crippen molar-refractivity contribution in [2.24, 2.45) is 5.73 Å². The molecule has 0 saturated heterocycles. The van der Waals surface area contributed by atoms with Crippen molar-refractivity contribution in [1.82, 2.24) is 10.2 Å². The number of rotatable bonds is 7. The molecule has 0 heterocycles. The molecule has 1 aromatic rings. The summed E-state index contributed by atoms with van der Waals surface area (Å²) in [6.45, 7) is 3.18. The van der Waals surface area contributed by atoms with Gasteiger partial charge in [0.25, 0.3) is 0 Å². The van der Waals surface area contributed by atoms with E-state index in [-0.39, 0.29) is 18.4 Å². The van der Waals surface area contributed by atoms with E-state index in [2.05, 4.69) is 5.32 Å². The second-order valence-corrected chi connectivity index (χ2v) is 4.69. The SMILES string of the molecule is CCCN(CC(=O)NC)C(=O)Cc1ccc(CN)cc1. The Morgan fingerprint density at radius 2 is 1.80 bits per heavy atom.